The number of rotatable bonds is 3. The van der Waals surface area contributed by atoms with E-state index >= 15 is 0 Å². The van der Waals surface area contributed by atoms with Crippen LogP contribution in [0.4, 0.5) is 0 Å². The van der Waals surface area contributed by atoms with Gasteiger partial charge in [0.25, 0.3) is 0 Å². The molecule has 0 aliphatic carbocycles. The minimum absolute atomic E-state index is 0.353. The highest BCUT2D eigenvalue weighted by Crippen LogP contribution is 2.29. The van der Waals surface area contributed by atoms with Crippen LogP contribution in [0.25, 0.3) is 0 Å². The van der Waals surface area contributed by atoms with Crippen molar-refractivity contribution in [2.24, 2.45) is 11.7 Å². The topological polar surface area (TPSA) is 29.3 Å². The summed E-state index contributed by atoms with van der Waals surface area (Å²) in [5.41, 5.74) is 7.36. The molecule has 0 bridgehead atoms. The average Bonchev–Trinajstić information content (AvgIpc) is 2.58. The van der Waals surface area contributed by atoms with Gasteiger partial charge in [-0.15, -0.1) is 0 Å². The maximum atomic E-state index is 6.03. The van der Waals surface area contributed by atoms with Crippen LogP contribution in [0.5, 0.6) is 0 Å². The molecular formula is C15H23BrN2. The summed E-state index contributed by atoms with van der Waals surface area (Å²) in [5.74, 6) is 0.854. The van der Waals surface area contributed by atoms with Crippen LogP contribution in [0.3, 0.4) is 0 Å². The Morgan fingerprint density at radius 3 is 2.83 bits per heavy atom. The number of benzene rings is 1. The Labute approximate surface area is 119 Å². The summed E-state index contributed by atoms with van der Waals surface area (Å²) in [6, 6.07) is 8.81. The molecule has 2 unspecified atom stereocenters. The first-order valence-electron chi connectivity index (χ1n) is 6.91. The van der Waals surface area contributed by atoms with Gasteiger partial charge in [-0.2, -0.15) is 0 Å². The molecule has 2 nitrogen and oxygen atoms in total. The predicted octanol–water partition coefficient (Wildman–Crippen LogP) is 3.57. The SMILES string of the molecule is CC1CCCN(C(CN)c2ccccc2Br)CC1. The molecule has 1 aliphatic heterocycles. The Kier molecular flexibility index (Phi) is 5.22. The molecule has 0 amide bonds. The highest BCUT2D eigenvalue weighted by Gasteiger charge is 2.23. The van der Waals surface area contributed by atoms with E-state index in [0.717, 1.165) is 5.92 Å². The first-order valence-corrected chi connectivity index (χ1v) is 7.70. The van der Waals surface area contributed by atoms with Gasteiger partial charge in [0.1, 0.15) is 0 Å². The van der Waals surface area contributed by atoms with Crippen LogP contribution in [-0.4, -0.2) is 24.5 Å². The Hall–Kier alpha value is -0.380. The van der Waals surface area contributed by atoms with E-state index in [1.165, 1.54) is 42.4 Å². The van der Waals surface area contributed by atoms with E-state index < -0.39 is 0 Å². The van der Waals surface area contributed by atoms with Gasteiger partial charge in [-0.05, 0) is 49.9 Å². The fourth-order valence-corrected chi connectivity index (χ4v) is 3.36. The van der Waals surface area contributed by atoms with Gasteiger partial charge >= 0.3 is 0 Å². The summed E-state index contributed by atoms with van der Waals surface area (Å²) in [6.45, 7) is 5.40. The third-order valence-corrected chi connectivity index (χ3v) is 4.70. The lowest BCUT2D eigenvalue weighted by atomic mass is 10.0. The zero-order valence-corrected chi connectivity index (χ0v) is 12.7. The van der Waals surface area contributed by atoms with Gasteiger partial charge in [0.15, 0.2) is 0 Å². The summed E-state index contributed by atoms with van der Waals surface area (Å²) in [4.78, 5) is 2.56. The molecule has 0 aromatic heterocycles. The average molecular weight is 311 g/mol. The fraction of sp³-hybridized carbons (Fsp3) is 0.600. The van der Waals surface area contributed by atoms with Crippen LogP contribution in [-0.2, 0) is 0 Å². The van der Waals surface area contributed by atoms with Crippen molar-refractivity contribution in [3.8, 4) is 0 Å². The van der Waals surface area contributed by atoms with E-state index in [2.05, 4.69) is 52.0 Å². The van der Waals surface area contributed by atoms with Crippen LogP contribution in [0.2, 0.25) is 0 Å². The summed E-state index contributed by atoms with van der Waals surface area (Å²) in [5, 5.41) is 0. The van der Waals surface area contributed by atoms with Crippen molar-refractivity contribution in [2.45, 2.75) is 32.2 Å². The second kappa shape index (κ2) is 6.69. The lowest BCUT2D eigenvalue weighted by Crippen LogP contribution is -2.34. The van der Waals surface area contributed by atoms with Gasteiger partial charge in [0.2, 0.25) is 0 Å². The number of hydrogen-bond donors (Lipinski definition) is 1. The summed E-state index contributed by atoms with van der Waals surface area (Å²) >= 11 is 3.65. The number of halogens is 1. The van der Waals surface area contributed by atoms with E-state index in [1.54, 1.807) is 0 Å². The molecule has 100 valence electrons. The minimum atomic E-state index is 0.353. The smallest absolute Gasteiger partial charge is 0.0481 e. The zero-order valence-electron chi connectivity index (χ0n) is 11.1. The largest absolute Gasteiger partial charge is 0.329 e. The Morgan fingerprint density at radius 1 is 1.33 bits per heavy atom. The Balaban J connectivity index is 2.15. The molecule has 0 radical (unpaired) electrons. The van der Waals surface area contributed by atoms with E-state index in [1.807, 2.05) is 0 Å². The summed E-state index contributed by atoms with van der Waals surface area (Å²) in [7, 11) is 0. The first-order chi connectivity index (χ1) is 8.72. The Morgan fingerprint density at radius 2 is 2.11 bits per heavy atom. The molecular weight excluding hydrogens is 288 g/mol. The van der Waals surface area contributed by atoms with Crippen molar-refractivity contribution in [2.75, 3.05) is 19.6 Å². The molecule has 1 aromatic rings. The highest BCUT2D eigenvalue weighted by molar-refractivity contribution is 9.10. The van der Waals surface area contributed by atoms with Crippen LogP contribution in [0.1, 0.15) is 37.8 Å². The molecule has 3 heteroatoms. The molecule has 0 saturated carbocycles. The molecule has 1 aromatic carbocycles. The molecule has 1 saturated heterocycles. The highest BCUT2D eigenvalue weighted by atomic mass is 79.9. The second-order valence-electron chi connectivity index (χ2n) is 5.35. The van der Waals surface area contributed by atoms with Crippen LogP contribution < -0.4 is 5.73 Å². The number of hydrogen-bond acceptors (Lipinski definition) is 2. The number of nitrogens with two attached hydrogens (primary N) is 1. The standard InChI is InChI=1S/C15H23BrN2/c1-12-5-4-9-18(10-8-12)15(11-17)13-6-2-3-7-14(13)16/h2-3,6-7,12,15H,4-5,8-11,17H2,1H3. The van der Waals surface area contributed by atoms with Gasteiger partial charge in [-0.25, -0.2) is 0 Å². The maximum absolute atomic E-state index is 6.03. The van der Waals surface area contributed by atoms with E-state index in [-0.39, 0.29) is 0 Å². The normalized spacial score (nSPS) is 23.6. The Bertz CT molecular complexity index is 381. The van der Waals surface area contributed by atoms with Crippen molar-refractivity contribution in [1.82, 2.24) is 4.90 Å². The fourth-order valence-electron chi connectivity index (χ4n) is 2.81. The quantitative estimate of drug-likeness (QED) is 0.924. The summed E-state index contributed by atoms with van der Waals surface area (Å²) < 4.78 is 1.18. The van der Waals surface area contributed by atoms with Crippen LogP contribution >= 0.6 is 15.9 Å². The van der Waals surface area contributed by atoms with Gasteiger partial charge in [-0.3, -0.25) is 4.90 Å². The molecule has 1 fully saturated rings. The van der Waals surface area contributed by atoms with Crippen molar-refractivity contribution >= 4 is 15.9 Å². The second-order valence-corrected chi connectivity index (χ2v) is 6.20. The van der Waals surface area contributed by atoms with Crippen molar-refractivity contribution < 1.29 is 0 Å². The van der Waals surface area contributed by atoms with Crippen molar-refractivity contribution in [1.29, 1.82) is 0 Å². The summed E-state index contributed by atoms with van der Waals surface area (Å²) in [6.07, 6.45) is 3.94. The predicted molar refractivity (Wildman–Crippen MR) is 80.5 cm³/mol. The molecule has 18 heavy (non-hydrogen) atoms. The number of nitrogens with zero attached hydrogens (tertiary/aromatic N) is 1. The van der Waals surface area contributed by atoms with E-state index in [9.17, 15) is 0 Å². The molecule has 1 heterocycles. The third kappa shape index (κ3) is 3.34. The van der Waals surface area contributed by atoms with Crippen molar-refractivity contribution in [3.63, 3.8) is 0 Å². The van der Waals surface area contributed by atoms with Crippen molar-refractivity contribution in [3.05, 3.63) is 34.3 Å². The van der Waals surface area contributed by atoms with Crippen LogP contribution in [0.15, 0.2) is 28.7 Å². The third-order valence-electron chi connectivity index (χ3n) is 3.98. The molecule has 2 atom stereocenters. The van der Waals surface area contributed by atoms with Gasteiger partial charge in [0, 0.05) is 17.1 Å². The lowest BCUT2D eigenvalue weighted by Gasteiger charge is -2.30. The molecule has 2 N–H and O–H groups in total. The molecule has 1 aliphatic rings. The van der Waals surface area contributed by atoms with Gasteiger partial charge in [-0.1, -0.05) is 41.1 Å². The lowest BCUT2D eigenvalue weighted by molar-refractivity contribution is 0.207. The first kappa shape index (κ1) is 14.0. The minimum Gasteiger partial charge on any atom is -0.329 e. The zero-order chi connectivity index (χ0) is 13.0. The molecule has 0 spiro atoms. The van der Waals surface area contributed by atoms with Crippen LogP contribution in [0, 0.1) is 5.92 Å². The van der Waals surface area contributed by atoms with E-state index in [0.29, 0.717) is 12.6 Å². The van der Waals surface area contributed by atoms with E-state index in [4.69, 9.17) is 5.73 Å². The molecule has 2 rings (SSSR count). The maximum Gasteiger partial charge on any atom is 0.0481 e. The van der Waals surface area contributed by atoms with Gasteiger partial charge in [0.05, 0.1) is 0 Å². The number of likely N-dealkylation sites (tertiary alicyclic amines) is 1. The van der Waals surface area contributed by atoms with Gasteiger partial charge < -0.3 is 5.73 Å². The monoisotopic (exact) mass is 310 g/mol.